The normalized spacial score (nSPS) is 8.92. The SMILES string of the molecule is C.C.CN(C)C(Cl)(Cl)N(C)C.CN(C)C(Cl)=[N+](C)C.FC(F)(F)[N-]C(F)(F)F.O.O=S=O.O=S=O.[Cl-].[Li+].[Li+]. The molecule has 0 aliphatic carbocycles. The molecule has 0 aliphatic rings. The van der Waals surface area contributed by atoms with Gasteiger partial charge in [0.25, 0.3) is 0 Å². The van der Waals surface area contributed by atoms with Gasteiger partial charge in [0.15, 0.2) is 0 Å². The first-order valence-electron chi connectivity index (χ1n) is 7.29. The molecule has 0 radical (unpaired) electrons. The van der Waals surface area contributed by atoms with Gasteiger partial charge in [-0.05, 0) is 28.2 Å². The fraction of sp³-hybridized carbons (Fsp3) is 0.929. The number of rotatable bonds is 2. The molecule has 0 amide bonds. The van der Waals surface area contributed by atoms with Crippen molar-refractivity contribution in [3.05, 3.63) is 5.32 Å². The molecule has 0 aromatic heterocycles. The van der Waals surface area contributed by atoms with E-state index in [0.717, 1.165) is 5.29 Å². The summed E-state index contributed by atoms with van der Waals surface area (Å²) in [7, 11) is 14.9. The van der Waals surface area contributed by atoms with Crippen LogP contribution in [0.2, 0.25) is 0 Å². The Balaban J connectivity index is -0.0000000270. The fourth-order valence-corrected chi connectivity index (χ4v) is 0.944. The van der Waals surface area contributed by atoms with Crippen molar-refractivity contribution in [3.8, 4) is 0 Å². The molecule has 0 aromatic rings. The first kappa shape index (κ1) is 71.8. The van der Waals surface area contributed by atoms with Gasteiger partial charge in [0.1, 0.15) is 0 Å². The van der Waals surface area contributed by atoms with Gasteiger partial charge in [0.05, 0.1) is 28.2 Å². The minimum atomic E-state index is -5.52. The number of halogens is 10. The number of nitrogens with zero attached hydrogens (tertiary/aromatic N) is 5. The van der Waals surface area contributed by atoms with E-state index in [-0.39, 0.29) is 70.5 Å². The molecule has 0 saturated carbocycles. The summed E-state index contributed by atoms with van der Waals surface area (Å²) in [5, 5.41) is 1.28. The topological polar surface area (TPSA) is 127 Å². The van der Waals surface area contributed by atoms with E-state index < -0.39 is 40.3 Å². The number of hydrogen-bond acceptors (Lipinski definition) is 6. The Labute approximate surface area is 273 Å². The summed E-state index contributed by atoms with van der Waals surface area (Å²) in [6.07, 6.45) is -11.0. The van der Waals surface area contributed by atoms with Crippen molar-refractivity contribution in [1.29, 1.82) is 0 Å². The number of alkyl halides is 8. The molecule has 2 N–H and O–H groups in total. The minimum absolute atomic E-state index is 0. The van der Waals surface area contributed by atoms with Crippen molar-refractivity contribution in [2.75, 3.05) is 56.4 Å². The maximum absolute atomic E-state index is 10.7. The van der Waals surface area contributed by atoms with Crippen molar-refractivity contribution >= 4 is 63.2 Å². The molecule has 24 heteroatoms. The zero-order valence-corrected chi connectivity index (χ0v) is 25.6. The molecule has 0 aromatic carbocycles. The third-order valence-corrected chi connectivity index (χ3v) is 4.10. The maximum Gasteiger partial charge on any atom is 1.00 e. The standard InChI is InChI=1S/C5H12Cl2N2.C5H12ClN2.C2F6N.2CH4.ClH.2Li.2O2S.H2O/c1-8(2)5(6,7)9(3)4;1-7(2)5(6)8(3)4;3-1(4,5)9-2(6,7)8;;;;;;2*1-3-2;/h1-4H3;1-4H3;;2*1H4;1H;;;;;1H2/q;+1;-1;;;;2*+1;;;/p-1. The molecule has 0 heterocycles. The average molecular weight is 686 g/mol. The van der Waals surface area contributed by atoms with Crippen molar-refractivity contribution in [3.63, 3.8) is 0 Å². The van der Waals surface area contributed by atoms with Crippen LogP contribution >= 0.6 is 34.8 Å². The van der Waals surface area contributed by atoms with Gasteiger partial charge in [-0.3, -0.25) is 19.3 Å². The second-order valence-electron chi connectivity index (χ2n) is 5.54. The predicted molar refractivity (Wildman–Crippen MR) is 129 cm³/mol. The first-order chi connectivity index (χ1) is 14.0. The van der Waals surface area contributed by atoms with Crippen LogP contribution < -0.4 is 50.1 Å². The Morgan fingerprint density at radius 1 is 0.737 bits per heavy atom. The van der Waals surface area contributed by atoms with E-state index in [0.29, 0.717) is 5.32 Å². The van der Waals surface area contributed by atoms with Crippen LogP contribution in [0.1, 0.15) is 14.9 Å². The molecule has 0 bridgehead atoms. The molecular weight excluding hydrogens is 652 g/mol. The zero-order chi connectivity index (χ0) is 27.5. The van der Waals surface area contributed by atoms with Crippen LogP contribution in [0.25, 0.3) is 5.32 Å². The molecule has 0 aliphatic heterocycles. The maximum atomic E-state index is 10.7. The second-order valence-corrected chi connectivity index (χ2v) is 7.40. The molecular formula is C14H34Cl4F6Li2N5O5S2+. The summed E-state index contributed by atoms with van der Waals surface area (Å²) in [6.45, 7) is 0. The van der Waals surface area contributed by atoms with E-state index in [2.05, 4.69) is 0 Å². The zero-order valence-electron chi connectivity index (χ0n) is 21.0. The van der Waals surface area contributed by atoms with Crippen LogP contribution in [-0.2, 0) is 23.1 Å². The summed E-state index contributed by atoms with van der Waals surface area (Å²) < 4.78 is 98.1. The Kier molecular flexibility index (Phi) is 71.6. The summed E-state index contributed by atoms with van der Waals surface area (Å²) in [4.78, 5) is 5.29. The van der Waals surface area contributed by atoms with Crippen molar-refractivity contribution in [2.45, 2.75) is 32.0 Å². The van der Waals surface area contributed by atoms with Crippen LogP contribution in [0.5, 0.6) is 0 Å². The molecule has 0 spiro atoms. The molecule has 0 rings (SSSR count). The monoisotopic (exact) mass is 684 g/mol. The third-order valence-electron chi connectivity index (χ3n) is 2.07. The van der Waals surface area contributed by atoms with Gasteiger partial charge in [-0.15, -0.1) is 0 Å². The van der Waals surface area contributed by atoms with E-state index in [9.17, 15) is 26.3 Å². The van der Waals surface area contributed by atoms with E-state index in [4.69, 9.17) is 51.6 Å². The Morgan fingerprint density at radius 3 is 0.921 bits per heavy atom. The molecule has 0 atom stereocenters. The second kappa shape index (κ2) is 37.9. The van der Waals surface area contributed by atoms with Gasteiger partial charge in [0, 0.05) is 11.6 Å². The number of hydrogen-bond donors (Lipinski definition) is 0. The Morgan fingerprint density at radius 2 is 0.921 bits per heavy atom. The van der Waals surface area contributed by atoms with E-state index in [1.807, 2.05) is 65.9 Å². The van der Waals surface area contributed by atoms with Gasteiger partial charge in [-0.1, -0.05) is 38.1 Å². The average Bonchev–Trinajstić information content (AvgIpc) is 2.52. The molecule has 10 nitrogen and oxygen atoms in total. The predicted octanol–water partition coefficient (Wildman–Crippen LogP) is -5.87. The third kappa shape index (κ3) is 65.7. The summed E-state index contributed by atoms with van der Waals surface area (Å²) in [5.74, 6) is 0. The quantitative estimate of drug-likeness (QED) is 0.0415. The van der Waals surface area contributed by atoms with Crippen molar-refractivity contribution in [2.24, 2.45) is 0 Å². The minimum Gasteiger partial charge on any atom is -1.00 e. The van der Waals surface area contributed by atoms with Gasteiger partial charge in [-0.25, -0.2) is 0 Å². The van der Waals surface area contributed by atoms with Crippen LogP contribution in [0.15, 0.2) is 0 Å². The van der Waals surface area contributed by atoms with E-state index in [1.54, 1.807) is 9.80 Å². The Hall–Kier alpha value is 0.885. The Bertz CT molecular complexity index is 579. The summed E-state index contributed by atoms with van der Waals surface area (Å²) >= 11 is 15.9. The van der Waals surface area contributed by atoms with Crippen LogP contribution in [-0.4, -0.2) is 120 Å². The van der Waals surface area contributed by atoms with Gasteiger partial charge in [-0.2, -0.15) is 43.2 Å². The molecule has 0 unspecified atom stereocenters. The molecule has 0 fully saturated rings. The largest absolute Gasteiger partial charge is 1.00 e. The smallest absolute Gasteiger partial charge is 1.00 e. The fourth-order valence-electron chi connectivity index (χ4n) is 0.944. The van der Waals surface area contributed by atoms with Gasteiger partial charge in [0.2, 0.25) is 4.58 Å². The van der Waals surface area contributed by atoms with Crippen LogP contribution in [0.4, 0.5) is 26.3 Å². The first-order valence-corrected chi connectivity index (χ1v) is 9.75. The van der Waals surface area contributed by atoms with Crippen molar-refractivity contribution in [1.82, 2.24) is 14.7 Å². The summed E-state index contributed by atoms with van der Waals surface area (Å²) in [6, 6.07) is 0. The van der Waals surface area contributed by atoms with Gasteiger partial charge < -0.3 is 23.2 Å². The van der Waals surface area contributed by atoms with Gasteiger partial charge >= 0.3 is 78.8 Å². The molecule has 228 valence electrons. The molecule has 0 saturated heterocycles. The van der Waals surface area contributed by atoms with Crippen molar-refractivity contribution < 1.29 is 103 Å². The number of amidine groups is 1. The van der Waals surface area contributed by atoms with E-state index in [1.165, 1.54) is 0 Å². The van der Waals surface area contributed by atoms with E-state index >= 15 is 0 Å². The van der Waals surface area contributed by atoms with Crippen LogP contribution in [0, 0.1) is 0 Å². The molecule has 38 heavy (non-hydrogen) atoms. The van der Waals surface area contributed by atoms with Crippen LogP contribution in [0.3, 0.4) is 0 Å². The summed E-state index contributed by atoms with van der Waals surface area (Å²) in [5.41, 5.74) is 0.